The highest BCUT2D eigenvalue weighted by Gasteiger charge is 2.36. The number of benzene rings is 1. The maximum atomic E-state index is 9.59. The second-order valence-corrected chi connectivity index (χ2v) is 5.38. The molecule has 1 N–H and O–H groups in total. The van der Waals surface area contributed by atoms with Crippen molar-refractivity contribution in [2.45, 2.75) is 25.7 Å². The van der Waals surface area contributed by atoms with Gasteiger partial charge in [-0.25, -0.2) is 0 Å². The first-order valence-electron chi connectivity index (χ1n) is 6.00. The van der Waals surface area contributed by atoms with Gasteiger partial charge in [0.15, 0.2) is 0 Å². The van der Waals surface area contributed by atoms with Crippen LogP contribution in [0.15, 0.2) is 24.3 Å². The summed E-state index contributed by atoms with van der Waals surface area (Å²) in [7, 11) is 2.18. The van der Waals surface area contributed by atoms with Gasteiger partial charge in [0.25, 0.3) is 0 Å². The van der Waals surface area contributed by atoms with E-state index in [-0.39, 0.29) is 17.8 Å². The number of piperidine rings is 1. The molecule has 0 aliphatic carbocycles. The van der Waals surface area contributed by atoms with Crippen LogP contribution in [0.2, 0.25) is 0 Å². The van der Waals surface area contributed by atoms with Gasteiger partial charge in [-0.1, -0.05) is 26.0 Å². The zero-order valence-corrected chi connectivity index (χ0v) is 11.6. The SMILES string of the molecule is C[C@H]1CN(C)CC[C@]1(C)c1cccc(O)c1.Cl. The molecule has 2 rings (SSSR count). The molecule has 0 aromatic heterocycles. The van der Waals surface area contributed by atoms with Gasteiger partial charge >= 0.3 is 0 Å². The molecule has 1 heterocycles. The molecule has 0 unspecified atom stereocenters. The van der Waals surface area contributed by atoms with Crippen LogP contribution in [0.1, 0.15) is 25.8 Å². The molecule has 1 aromatic rings. The Hall–Kier alpha value is -0.730. The first-order valence-corrected chi connectivity index (χ1v) is 6.00. The van der Waals surface area contributed by atoms with Crippen molar-refractivity contribution in [2.75, 3.05) is 20.1 Å². The molecule has 96 valence electrons. The van der Waals surface area contributed by atoms with E-state index in [1.807, 2.05) is 12.1 Å². The zero-order valence-electron chi connectivity index (χ0n) is 10.8. The Morgan fingerprint density at radius 2 is 2.12 bits per heavy atom. The minimum absolute atomic E-state index is 0. The molecule has 17 heavy (non-hydrogen) atoms. The standard InChI is InChI=1S/C14H21NO.ClH/c1-11-10-15(3)8-7-14(11,2)12-5-4-6-13(16)9-12;/h4-6,9,11,16H,7-8,10H2,1-3H3;1H/t11-,14-;/m0./s1. The summed E-state index contributed by atoms with van der Waals surface area (Å²) in [6.07, 6.45) is 1.16. The highest BCUT2D eigenvalue weighted by molar-refractivity contribution is 5.85. The topological polar surface area (TPSA) is 23.5 Å². The third-order valence-electron chi connectivity index (χ3n) is 4.19. The Bertz CT molecular complexity index is 382. The number of halogens is 1. The molecule has 0 radical (unpaired) electrons. The Kier molecular flexibility index (Phi) is 4.45. The lowest BCUT2D eigenvalue weighted by Gasteiger charge is -2.44. The highest BCUT2D eigenvalue weighted by atomic mass is 35.5. The van der Waals surface area contributed by atoms with Crippen LogP contribution < -0.4 is 0 Å². The second kappa shape index (κ2) is 5.28. The molecule has 0 spiro atoms. The zero-order chi connectivity index (χ0) is 11.8. The van der Waals surface area contributed by atoms with Crippen LogP contribution in [-0.4, -0.2) is 30.1 Å². The minimum atomic E-state index is 0. The van der Waals surface area contributed by atoms with Gasteiger partial charge in [0.05, 0.1) is 0 Å². The summed E-state index contributed by atoms with van der Waals surface area (Å²) >= 11 is 0. The van der Waals surface area contributed by atoms with Crippen molar-refractivity contribution in [3.8, 4) is 5.75 Å². The Labute approximate surface area is 110 Å². The summed E-state index contributed by atoms with van der Waals surface area (Å²) in [5.41, 5.74) is 1.47. The molecule has 0 saturated carbocycles. The van der Waals surface area contributed by atoms with Gasteiger partial charge in [-0.2, -0.15) is 0 Å². The van der Waals surface area contributed by atoms with Gasteiger partial charge in [0, 0.05) is 6.54 Å². The molecule has 1 fully saturated rings. The van der Waals surface area contributed by atoms with Crippen LogP contribution in [0.3, 0.4) is 0 Å². The van der Waals surface area contributed by atoms with Crippen molar-refractivity contribution in [3.05, 3.63) is 29.8 Å². The summed E-state index contributed by atoms with van der Waals surface area (Å²) in [5, 5.41) is 9.59. The second-order valence-electron chi connectivity index (χ2n) is 5.38. The monoisotopic (exact) mass is 255 g/mol. The maximum Gasteiger partial charge on any atom is 0.115 e. The number of nitrogens with zero attached hydrogens (tertiary/aromatic N) is 1. The Morgan fingerprint density at radius 3 is 2.71 bits per heavy atom. The number of rotatable bonds is 1. The van der Waals surface area contributed by atoms with E-state index in [0.29, 0.717) is 11.7 Å². The largest absolute Gasteiger partial charge is 0.508 e. The predicted molar refractivity (Wildman–Crippen MR) is 74.0 cm³/mol. The normalized spacial score (nSPS) is 29.7. The molecule has 1 aliphatic heterocycles. The van der Waals surface area contributed by atoms with Crippen LogP contribution in [0.5, 0.6) is 5.75 Å². The molecule has 1 aliphatic rings. The van der Waals surface area contributed by atoms with Gasteiger partial charge in [0.1, 0.15) is 5.75 Å². The summed E-state index contributed by atoms with van der Waals surface area (Å²) in [6, 6.07) is 7.75. The minimum Gasteiger partial charge on any atom is -0.508 e. The van der Waals surface area contributed by atoms with E-state index in [1.165, 1.54) is 5.56 Å². The molecule has 0 bridgehead atoms. The Balaban J connectivity index is 0.00000144. The summed E-state index contributed by atoms with van der Waals surface area (Å²) in [6.45, 7) is 6.89. The van der Waals surface area contributed by atoms with Gasteiger partial charge in [-0.3, -0.25) is 0 Å². The number of phenolic OH excluding ortho intramolecular Hbond substituents is 1. The summed E-state index contributed by atoms with van der Waals surface area (Å²) in [4.78, 5) is 2.38. The smallest absolute Gasteiger partial charge is 0.115 e. The Morgan fingerprint density at radius 1 is 1.41 bits per heavy atom. The molecule has 2 atom stereocenters. The third-order valence-corrected chi connectivity index (χ3v) is 4.19. The van der Waals surface area contributed by atoms with Crippen molar-refractivity contribution < 1.29 is 5.11 Å². The van der Waals surface area contributed by atoms with E-state index < -0.39 is 0 Å². The van der Waals surface area contributed by atoms with Gasteiger partial charge in [-0.15, -0.1) is 12.4 Å². The van der Waals surface area contributed by atoms with Crippen LogP contribution in [0.4, 0.5) is 0 Å². The third kappa shape index (κ3) is 2.75. The molecule has 2 nitrogen and oxygen atoms in total. The average molecular weight is 256 g/mol. The van der Waals surface area contributed by atoms with Crippen molar-refractivity contribution in [2.24, 2.45) is 5.92 Å². The predicted octanol–water partition coefficient (Wildman–Crippen LogP) is 3.04. The fraction of sp³-hybridized carbons (Fsp3) is 0.571. The molecule has 0 amide bonds. The summed E-state index contributed by atoms with van der Waals surface area (Å²) in [5.74, 6) is 0.998. The van der Waals surface area contributed by atoms with E-state index in [0.717, 1.165) is 19.5 Å². The first kappa shape index (κ1) is 14.3. The van der Waals surface area contributed by atoms with Crippen LogP contribution in [0, 0.1) is 5.92 Å². The fourth-order valence-corrected chi connectivity index (χ4v) is 2.72. The van der Waals surface area contributed by atoms with Crippen molar-refractivity contribution in [1.29, 1.82) is 0 Å². The molecule has 1 aromatic carbocycles. The number of aromatic hydroxyl groups is 1. The van der Waals surface area contributed by atoms with Gasteiger partial charge in [-0.05, 0) is 49.0 Å². The summed E-state index contributed by atoms with van der Waals surface area (Å²) < 4.78 is 0. The average Bonchev–Trinajstić information content (AvgIpc) is 2.24. The lowest BCUT2D eigenvalue weighted by molar-refractivity contribution is 0.133. The van der Waals surface area contributed by atoms with E-state index >= 15 is 0 Å². The van der Waals surface area contributed by atoms with Crippen LogP contribution in [0.25, 0.3) is 0 Å². The van der Waals surface area contributed by atoms with Gasteiger partial charge < -0.3 is 10.0 Å². The van der Waals surface area contributed by atoms with E-state index in [9.17, 15) is 5.11 Å². The quantitative estimate of drug-likeness (QED) is 0.834. The first-order chi connectivity index (χ1) is 7.52. The van der Waals surface area contributed by atoms with E-state index in [2.05, 4.69) is 31.9 Å². The number of hydrogen-bond donors (Lipinski definition) is 1. The highest BCUT2D eigenvalue weighted by Crippen LogP contribution is 2.39. The lowest BCUT2D eigenvalue weighted by Crippen LogP contribution is -2.45. The lowest BCUT2D eigenvalue weighted by atomic mass is 9.68. The van der Waals surface area contributed by atoms with E-state index in [4.69, 9.17) is 0 Å². The molecular formula is C14H22ClNO. The maximum absolute atomic E-state index is 9.59. The van der Waals surface area contributed by atoms with Crippen LogP contribution >= 0.6 is 12.4 Å². The van der Waals surface area contributed by atoms with Crippen molar-refractivity contribution >= 4 is 12.4 Å². The van der Waals surface area contributed by atoms with Crippen molar-refractivity contribution in [3.63, 3.8) is 0 Å². The fourth-order valence-electron chi connectivity index (χ4n) is 2.72. The van der Waals surface area contributed by atoms with E-state index in [1.54, 1.807) is 6.07 Å². The number of phenols is 1. The molecular weight excluding hydrogens is 234 g/mol. The van der Waals surface area contributed by atoms with Crippen molar-refractivity contribution in [1.82, 2.24) is 4.90 Å². The molecule has 1 saturated heterocycles. The van der Waals surface area contributed by atoms with Gasteiger partial charge in [0.2, 0.25) is 0 Å². The number of likely N-dealkylation sites (tertiary alicyclic amines) is 1. The number of hydrogen-bond acceptors (Lipinski definition) is 2. The molecule has 3 heteroatoms. The van der Waals surface area contributed by atoms with Crippen LogP contribution in [-0.2, 0) is 5.41 Å².